The summed E-state index contributed by atoms with van der Waals surface area (Å²) < 4.78 is 32.9. The maximum absolute atomic E-state index is 13.0. The summed E-state index contributed by atoms with van der Waals surface area (Å²) in [6.07, 6.45) is 0.896. The number of nitrogens with zero attached hydrogens (tertiary/aromatic N) is 2. The maximum Gasteiger partial charge on any atom is 0.246 e. The van der Waals surface area contributed by atoms with E-state index in [1.54, 1.807) is 16.4 Å². The Bertz CT molecular complexity index is 657. The minimum atomic E-state index is -3.51. The van der Waals surface area contributed by atoms with Crippen molar-refractivity contribution in [3.8, 4) is 5.75 Å². The summed E-state index contributed by atoms with van der Waals surface area (Å²) in [5.74, 6) is 0.418. The molecule has 2 heterocycles. The molecule has 0 spiro atoms. The van der Waals surface area contributed by atoms with Crippen LogP contribution >= 0.6 is 0 Å². The zero-order chi connectivity index (χ0) is 16.4. The van der Waals surface area contributed by atoms with Gasteiger partial charge in [0.2, 0.25) is 10.0 Å². The van der Waals surface area contributed by atoms with Crippen molar-refractivity contribution in [2.24, 2.45) is 0 Å². The topological polar surface area (TPSA) is 61.9 Å². The fourth-order valence-corrected chi connectivity index (χ4v) is 5.13. The van der Waals surface area contributed by atoms with E-state index in [0.717, 1.165) is 38.2 Å². The summed E-state index contributed by atoms with van der Waals surface area (Å²) in [5, 5.41) is 3.34. The average Bonchev–Trinajstić information content (AvgIpc) is 3.06. The number of sulfonamides is 1. The van der Waals surface area contributed by atoms with Crippen LogP contribution in [0.5, 0.6) is 5.75 Å². The van der Waals surface area contributed by atoms with Gasteiger partial charge in [0.1, 0.15) is 10.6 Å². The van der Waals surface area contributed by atoms with Crippen molar-refractivity contribution in [1.82, 2.24) is 14.5 Å². The predicted molar refractivity (Wildman–Crippen MR) is 89.3 cm³/mol. The van der Waals surface area contributed by atoms with Crippen LogP contribution in [0.4, 0.5) is 0 Å². The third-order valence-electron chi connectivity index (χ3n) is 4.73. The standard InChI is InChI=1S/C16H25N3O3S/c1-13-3-4-15(22-2)16(11-13)23(20,21)19-8-5-14(12-19)18-9-6-17-7-10-18/h3-4,11,14,17H,5-10,12H2,1-2H3. The third-order valence-corrected chi connectivity index (χ3v) is 6.62. The number of ether oxygens (including phenoxy) is 1. The van der Waals surface area contributed by atoms with Gasteiger partial charge in [0.05, 0.1) is 7.11 Å². The lowest BCUT2D eigenvalue weighted by atomic mass is 10.2. The van der Waals surface area contributed by atoms with Gasteiger partial charge >= 0.3 is 0 Å². The van der Waals surface area contributed by atoms with Crippen molar-refractivity contribution in [3.05, 3.63) is 23.8 Å². The molecule has 1 aromatic rings. The first kappa shape index (κ1) is 16.7. The molecule has 3 rings (SSSR count). The van der Waals surface area contributed by atoms with Gasteiger partial charge < -0.3 is 10.1 Å². The number of benzene rings is 1. The van der Waals surface area contributed by atoms with Crippen LogP contribution in [-0.4, -0.2) is 70.0 Å². The SMILES string of the molecule is COc1ccc(C)cc1S(=O)(=O)N1CCC(N2CCNCC2)C1. The van der Waals surface area contributed by atoms with Crippen molar-refractivity contribution < 1.29 is 13.2 Å². The van der Waals surface area contributed by atoms with Crippen LogP contribution in [-0.2, 0) is 10.0 Å². The fourth-order valence-electron chi connectivity index (χ4n) is 3.40. The molecule has 1 atom stereocenters. The smallest absolute Gasteiger partial charge is 0.246 e. The van der Waals surface area contributed by atoms with Crippen LogP contribution in [0.1, 0.15) is 12.0 Å². The van der Waals surface area contributed by atoms with Gasteiger partial charge in [-0.3, -0.25) is 4.90 Å². The number of hydrogen-bond acceptors (Lipinski definition) is 5. The molecule has 23 heavy (non-hydrogen) atoms. The molecule has 1 N–H and O–H groups in total. The highest BCUT2D eigenvalue weighted by Gasteiger charge is 2.36. The van der Waals surface area contributed by atoms with Crippen LogP contribution < -0.4 is 10.1 Å². The average molecular weight is 339 g/mol. The maximum atomic E-state index is 13.0. The summed E-state index contributed by atoms with van der Waals surface area (Å²) in [5.41, 5.74) is 0.919. The van der Waals surface area contributed by atoms with E-state index < -0.39 is 10.0 Å². The lowest BCUT2D eigenvalue weighted by Gasteiger charge is -2.32. The molecule has 0 saturated carbocycles. The minimum absolute atomic E-state index is 0.279. The molecule has 2 aliphatic rings. The molecule has 1 unspecified atom stereocenters. The lowest BCUT2D eigenvalue weighted by Crippen LogP contribution is -2.49. The molecule has 2 saturated heterocycles. The van der Waals surface area contributed by atoms with E-state index in [1.165, 1.54) is 7.11 Å². The molecule has 2 fully saturated rings. The summed E-state index contributed by atoms with van der Waals surface area (Å²) in [6.45, 7) is 6.99. The second kappa shape index (κ2) is 6.76. The number of methoxy groups -OCH3 is 1. The molecule has 128 valence electrons. The van der Waals surface area contributed by atoms with Gasteiger partial charge in [0.25, 0.3) is 0 Å². The van der Waals surface area contributed by atoms with E-state index >= 15 is 0 Å². The molecule has 0 aromatic heterocycles. The summed E-state index contributed by atoms with van der Waals surface area (Å²) in [7, 11) is -2.00. The Hall–Kier alpha value is -1.15. The van der Waals surface area contributed by atoms with Crippen molar-refractivity contribution in [2.75, 3.05) is 46.4 Å². The quantitative estimate of drug-likeness (QED) is 0.874. The molecule has 1 aromatic carbocycles. The van der Waals surface area contributed by atoms with Gasteiger partial charge in [-0.15, -0.1) is 0 Å². The summed E-state index contributed by atoms with van der Waals surface area (Å²) in [6, 6.07) is 5.62. The highest BCUT2D eigenvalue weighted by atomic mass is 32.2. The zero-order valence-electron chi connectivity index (χ0n) is 13.8. The Morgan fingerprint density at radius 2 is 1.96 bits per heavy atom. The molecule has 0 aliphatic carbocycles. The van der Waals surface area contributed by atoms with E-state index in [1.807, 2.05) is 13.0 Å². The Labute approximate surface area is 138 Å². The van der Waals surface area contributed by atoms with Crippen LogP contribution in [0.3, 0.4) is 0 Å². The first-order valence-corrected chi connectivity index (χ1v) is 9.56. The van der Waals surface area contributed by atoms with Gasteiger partial charge in [0.15, 0.2) is 0 Å². The highest BCUT2D eigenvalue weighted by Crippen LogP contribution is 2.30. The van der Waals surface area contributed by atoms with E-state index in [2.05, 4.69) is 10.2 Å². The predicted octanol–water partition coefficient (Wildman–Crippen LogP) is 0.672. The second-order valence-corrected chi connectivity index (χ2v) is 8.15. The van der Waals surface area contributed by atoms with E-state index in [-0.39, 0.29) is 4.90 Å². The van der Waals surface area contributed by atoms with Crippen LogP contribution in [0.2, 0.25) is 0 Å². The van der Waals surface area contributed by atoms with Crippen LogP contribution in [0.15, 0.2) is 23.1 Å². The molecule has 0 amide bonds. The Morgan fingerprint density at radius 3 is 2.65 bits per heavy atom. The highest BCUT2D eigenvalue weighted by molar-refractivity contribution is 7.89. The summed E-state index contributed by atoms with van der Waals surface area (Å²) in [4.78, 5) is 2.68. The van der Waals surface area contributed by atoms with Crippen molar-refractivity contribution in [2.45, 2.75) is 24.3 Å². The largest absolute Gasteiger partial charge is 0.495 e. The molecule has 7 heteroatoms. The molecule has 0 bridgehead atoms. The van der Waals surface area contributed by atoms with Crippen LogP contribution in [0, 0.1) is 6.92 Å². The number of rotatable bonds is 4. The summed E-state index contributed by atoms with van der Waals surface area (Å²) >= 11 is 0. The van der Waals surface area contributed by atoms with Crippen molar-refractivity contribution in [3.63, 3.8) is 0 Å². The Kier molecular flexibility index (Phi) is 4.91. The minimum Gasteiger partial charge on any atom is -0.495 e. The third kappa shape index (κ3) is 3.38. The normalized spacial score (nSPS) is 24.0. The second-order valence-electron chi connectivity index (χ2n) is 6.25. The van der Waals surface area contributed by atoms with Gasteiger partial charge in [-0.1, -0.05) is 6.07 Å². The first-order chi connectivity index (χ1) is 11.0. The van der Waals surface area contributed by atoms with E-state index in [0.29, 0.717) is 24.9 Å². The number of piperazine rings is 1. The van der Waals surface area contributed by atoms with E-state index in [9.17, 15) is 8.42 Å². The Balaban J connectivity index is 1.80. The Morgan fingerprint density at radius 1 is 1.22 bits per heavy atom. The monoisotopic (exact) mass is 339 g/mol. The van der Waals surface area contributed by atoms with Crippen molar-refractivity contribution >= 4 is 10.0 Å². The molecule has 6 nitrogen and oxygen atoms in total. The zero-order valence-corrected chi connectivity index (χ0v) is 14.6. The number of hydrogen-bond donors (Lipinski definition) is 1. The van der Waals surface area contributed by atoms with E-state index in [4.69, 9.17) is 4.74 Å². The molecular weight excluding hydrogens is 314 g/mol. The lowest BCUT2D eigenvalue weighted by molar-refractivity contribution is 0.179. The molecule has 0 radical (unpaired) electrons. The van der Waals surface area contributed by atoms with Crippen LogP contribution in [0.25, 0.3) is 0 Å². The first-order valence-electron chi connectivity index (χ1n) is 8.12. The van der Waals surface area contributed by atoms with Gasteiger partial charge in [-0.25, -0.2) is 8.42 Å². The fraction of sp³-hybridized carbons (Fsp3) is 0.625. The van der Waals surface area contributed by atoms with Gasteiger partial charge in [-0.05, 0) is 31.0 Å². The number of aryl methyl sites for hydroxylation is 1. The number of nitrogens with one attached hydrogen (secondary N) is 1. The van der Waals surface area contributed by atoms with Gasteiger partial charge in [0, 0.05) is 45.3 Å². The van der Waals surface area contributed by atoms with Gasteiger partial charge in [-0.2, -0.15) is 4.31 Å². The molecule has 2 aliphatic heterocycles. The molecular formula is C16H25N3O3S. The van der Waals surface area contributed by atoms with Crippen molar-refractivity contribution in [1.29, 1.82) is 0 Å².